The molecule has 0 heterocycles. The molecule has 308 valence electrons. The van der Waals surface area contributed by atoms with Crippen LogP contribution < -0.4 is 0 Å². The molecule has 0 saturated carbocycles. The molecule has 67 heavy (non-hydrogen) atoms. The van der Waals surface area contributed by atoms with Crippen LogP contribution in [-0.2, 0) is 5.41 Å². The van der Waals surface area contributed by atoms with Crippen molar-refractivity contribution in [3.8, 4) is 44.5 Å². The summed E-state index contributed by atoms with van der Waals surface area (Å²) in [5.74, 6) is 0. The van der Waals surface area contributed by atoms with Gasteiger partial charge in [-0.2, -0.15) is 0 Å². The van der Waals surface area contributed by atoms with Crippen molar-refractivity contribution < 1.29 is 0 Å². The monoisotopic (exact) mass is 844 g/mol. The van der Waals surface area contributed by atoms with E-state index in [2.05, 4.69) is 220 Å². The smallest absolute Gasteiger partial charge is 0.0619 e. The first-order chi connectivity index (χ1) is 33.0. The van der Waals surface area contributed by atoms with E-state index in [0.717, 1.165) is 0 Å². The summed E-state index contributed by atoms with van der Waals surface area (Å²) in [7, 11) is 0. The number of hydrogen-bond acceptors (Lipinski definition) is 0. The summed E-state index contributed by atoms with van der Waals surface area (Å²) >= 11 is 0. The maximum atomic E-state index is 2.60. The van der Waals surface area contributed by atoms with E-state index in [1.807, 2.05) is 0 Å². The summed E-state index contributed by atoms with van der Waals surface area (Å²) in [5.41, 5.74) is 18.1. The van der Waals surface area contributed by atoms with E-state index in [1.165, 1.54) is 164 Å². The summed E-state index contributed by atoms with van der Waals surface area (Å²) in [6.07, 6.45) is 0. The Balaban J connectivity index is 0.962. The van der Waals surface area contributed by atoms with Gasteiger partial charge in [-0.25, -0.2) is 0 Å². The summed E-state index contributed by atoms with van der Waals surface area (Å²) in [6, 6.07) is 79.3. The Morgan fingerprint density at radius 1 is 0.239 bits per heavy atom. The van der Waals surface area contributed by atoms with Crippen LogP contribution in [0.3, 0.4) is 0 Å². The summed E-state index contributed by atoms with van der Waals surface area (Å²) in [4.78, 5) is 0. The van der Waals surface area contributed by atoms with Crippen molar-refractivity contribution in [3.63, 3.8) is 0 Å². The van der Waals surface area contributed by atoms with Crippen molar-refractivity contribution in [2.75, 3.05) is 0 Å². The van der Waals surface area contributed by atoms with E-state index >= 15 is 0 Å². The van der Waals surface area contributed by atoms with Crippen LogP contribution in [0, 0.1) is 13.8 Å². The lowest BCUT2D eigenvalue weighted by atomic mass is 9.69. The predicted molar refractivity (Wildman–Crippen MR) is 286 cm³/mol. The fourth-order valence-corrected chi connectivity index (χ4v) is 13.6. The van der Waals surface area contributed by atoms with Gasteiger partial charge in [0.05, 0.1) is 5.41 Å². The standard InChI is InChI=1S/C67H40/c1-37-47-28-26-44(48-29-24-43-23-21-39-10-7-11-41-25-31-53(48)66(43)63(39)41)32-54(47)38(2)56-36-62-58(35-55(37)56)51-30-27-45(34-61(51)67(62)59-18-5-3-15-49(59)50-16-4-6-19-60(50)67)57-33-46-14-8-12-40-20-22-42-13-9-17-52(57)65(42)64(40)46/h3-36H,1-2H3. The van der Waals surface area contributed by atoms with Crippen LogP contribution in [0.2, 0.25) is 0 Å². The van der Waals surface area contributed by atoms with E-state index < -0.39 is 5.41 Å². The number of hydrogen-bond donors (Lipinski definition) is 0. The minimum Gasteiger partial charge on any atom is -0.0619 e. The van der Waals surface area contributed by atoms with Gasteiger partial charge in [0.2, 0.25) is 0 Å². The van der Waals surface area contributed by atoms with Crippen LogP contribution in [-0.4, -0.2) is 0 Å². The lowest BCUT2D eigenvalue weighted by Crippen LogP contribution is -2.26. The molecular formula is C67H40. The largest absolute Gasteiger partial charge is 0.0725 e. The fraction of sp³-hybridized carbons (Fsp3) is 0.0448. The van der Waals surface area contributed by atoms with Crippen molar-refractivity contribution in [1.29, 1.82) is 0 Å². The molecular weight excluding hydrogens is 805 g/mol. The summed E-state index contributed by atoms with van der Waals surface area (Å²) < 4.78 is 0. The SMILES string of the molecule is Cc1c2ccc(-c3ccc4ccc5cccc6ccc3c4c56)cc2c(C)c2cc3c(cc12)-c1ccc(-c2cc4cccc5ccc6cccc2c6c54)cc1C31c2ccccc2-c2ccccc21. The molecule has 0 saturated heterocycles. The Hall–Kier alpha value is -8.32. The number of rotatable bonds is 2. The van der Waals surface area contributed by atoms with Gasteiger partial charge >= 0.3 is 0 Å². The highest BCUT2D eigenvalue weighted by Crippen LogP contribution is 2.64. The summed E-state index contributed by atoms with van der Waals surface area (Å²) in [6.45, 7) is 4.71. The average molecular weight is 845 g/mol. The Labute approximate surface area is 387 Å². The van der Waals surface area contributed by atoms with Gasteiger partial charge in [-0.1, -0.05) is 176 Å². The van der Waals surface area contributed by atoms with Gasteiger partial charge in [0, 0.05) is 0 Å². The minimum absolute atomic E-state index is 0.486. The van der Waals surface area contributed by atoms with Crippen molar-refractivity contribution in [2.45, 2.75) is 19.3 Å². The molecule has 2 aliphatic carbocycles. The quantitative estimate of drug-likeness (QED) is 0.120. The van der Waals surface area contributed by atoms with Crippen LogP contribution in [0.1, 0.15) is 33.4 Å². The van der Waals surface area contributed by atoms with E-state index in [0.29, 0.717) is 0 Å². The third kappa shape index (κ3) is 4.40. The zero-order chi connectivity index (χ0) is 43.9. The Kier molecular flexibility index (Phi) is 6.72. The molecule has 0 aliphatic heterocycles. The zero-order valence-corrected chi connectivity index (χ0v) is 37.1. The van der Waals surface area contributed by atoms with Crippen molar-refractivity contribution in [3.05, 3.63) is 240 Å². The molecule has 0 N–H and O–H groups in total. The van der Waals surface area contributed by atoms with E-state index in [-0.39, 0.29) is 0 Å². The van der Waals surface area contributed by atoms with Crippen molar-refractivity contribution in [1.82, 2.24) is 0 Å². The van der Waals surface area contributed by atoms with Gasteiger partial charge in [-0.3, -0.25) is 0 Å². The molecule has 0 fully saturated rings. The fourth-order valence-electron chi connectivity index (χ4n) is 13.6. The van der Waals surface area contributed by atoms with Gasteiger partial charge in [0.25, 0.3) is 0 Å². The molecule has 0 heteroatoms. The van der Waals surface area contributed by atoms with E-state index in [1.54, 1.807) is 0 Å². The van der Waals surface area contributed by atoms with Gasteiger partial charge < -0.3 is 0 Å². The molecule has 0 bridgehead atoms. The third-order valence-electron chi connectivity index (χ3n) is 16.5. The lowest BCUT2D eigenvalue weighted by molar-refractivity contribution is 0.795. The molecule has 0 nitrogen and oxygen atoms in total. The number of aryl methyl sites for hydroxylation is 2. The predicted octanol–water partition coefficient (Wildman–Crippen LogP) is 18.1. The normalized spacial score (nSPS) is 13.6. The van der Waals surface area contributed by atoms with E-state index in [4.69, 9.17) is 0 Å². The van der Waals surface area contributed by atoms with Crippen LogP contribution in [0.5, 0.6) is 0 Å². The second-order valence-corrected chi connectivity index (χ2v) is 19.5. The molecule has 16 rings (SSSR count). The highest BCUT2D eigenvalue weighted by atomic mass is 14.5. The Bertz CT molecular complexity index is 4460. The highest BCUT2D eigenvalue weighted by molar-refractivity contribution is 6.27. The molecule has 0 aromatic heterocycles. The van der Waals surface area contributed by atoms with Crippen LogP contribution >= 0.6 is 0 Å². The highest BCUT2D eigenvalue weighted by Gasteiger charge is 2.52. The second kappa shape index (κ2) is 12.5. The summed E-state index contributed by atoms with van der Waals surface area (Å²) in [5, 5.41) is 21.1. The number of fused-ring (bicyclic) bond motifs is 12. The minimum atomic E-state index is -0.486. The van der Waals surface area contributed by atoms with Crippen molar-refractivity contribution in [2.24, 2.45) is 0 Å². The van der Waals surface area contributed by atoms with Gasteiger partial charge in [0.1, 0.15) is 0 Å². The van der Waals surface area contributed by atoms with Gasteiger partial charge in [-0.05, 0) is 208 Å². The van der Waals surface area contributed by atoms with E-state index in [9.17, 15) is 0 Å². The van der Waals surface area contributed by atoms with Gasteiger partial charge in [0.15, 0.2) is 0 Å². The molecule has 0 radical (unpaired) electrons. The first-order valence-corrected chi connectivity index (χ1v) is 23.7. The molecule has 1 spiro atoms. The molecule has 2 aliphatic rings. The lowest BCUT2D eigenvalue weighted by Gasteiger charge is -2.31. The molecule has 0 amide bonds. The molecule has 14 aromatic rings. The van der Waals surface area contributed by atoms with Gasteiger partial charge in [-0.15, -0.1) is 0 Å². The van der Waals surface area contributed by atoms with Crippen LogP contribution in [0.15, 0.2) is 206 Å². The maximum absolute atomic E-state index is 2.60. The Morgan fingerprint density at radius 3 is 1.43 bits per heavy atom. The topological polar surface area (TPSA) is 0 Å². The average Bonchev–Trinajstić information content (AvgIpc) is 3.84. The molecule has 14 aromatic carbocycles. The first-order valence-electron chi connectivity index (χ1n) is 23.7. The third-order valence-corrected chi connectivity index (χ3v) is 16.5. The second-order valence-electron chi connectivity index (χ2n) is 19.5. The van der Waals surface area contributed by atoms with Crippen LogP contribution in [0.25, 0.3) is 131 Å². The zero-order valence-electron chi connectivity index (χ0n) is 37.1. The maximum Gasteiger partial charge on any atom is 0.0725 e. The molecule has 0 unspecified atom stereocenters. The number of benzene rings is 14. The Morgan fingerprint density at radius 2 is 0.701 bits per heavy atom. The van der Waals surface area contributed by atoms with Crippen LogP contribution in [0.4, 0.5) is 0 Å². The van der Waals surface area contributed by atoms with Crippen molar-refractivity contribution >= 4 is 86.2 Å². The molecule has 0 atom stereocenters. The first kappa shape index (κ1) is 36.0.